The van der Waals surface area contributed by atoms with Gasteiger partial charge in [-0.15, -0.1) is 12.4 Å². The largest absolute Gasteiger partial charge is 0.392 e. The van der Waals surface area contributed by atoms with Crippen molar-refractivity contribution >= 4 is 18.3 Å². The van der Waals surface area contributed by atoms with Crippen molar-refractivity contribution in [2.45, 2.75) is 62.5 Å². The van der Waals surface area contributed by atoms with Crippen LogP contribution in [0.3, 0.4) is 0 Å². The second kappa shape index (κ2) is 7.26. The molecule has 3 aliphatic rings. The number of carbonyl (C=O) groups excluding carboxylic acids is 1. The van der Waals surface area contributed by atoms with Crippen molar-refractivity contribution in [3.8, 4) is 0 Å². The number of aryl methyl sites for hydroxylation is 1. The highest BCUT2D eigenvalue weighted by Gasteiger charge is 2.43. The summed E-state index contributed by atoms with van der Waals surface area (Å²) in [6, 6.07) is 8.60. The van der Waals surface area contributed by atoms with Crippen LogP contribution in [0.4, 0.5) is 0 Å². The van der Waals surface area contributed by atoms with Gasteiger partial charge in [-0.3, -0.25) is 4.79 Å². The molecule has 25 heavy (non-hydrogen) atoms. The maximum Gasteiger partial charge on any atom is 0.225 e. The first-order valence-electron chi connectivity index (χ1n) is 9.40. The fraction of sp³-hybridized carbons (Fsp3) is 0.650. The minimum atomic E-state index is -0.436. The van der Waals surface area contributed by atoms with Crippen LogP contribution >= 0.6 is 12.4 Å². The third kappa shape index (κ3) is 3.32. The zero-order valence-electron chi connectivity index (χ0n) is 14.7. The standard InChI is InChI=1S/C20H28N2O2.ClH/c21-17-13-15(5-6-18(17)23)19(24)22-11-9-20(10-12-22)8-7-14-3-1-2-4-16(14)20;/h1-4,15,17-18,23H,5-13,21H2;1H/t15-,17+,18+;/m0./s1. The second-order valence-corrected chi connectivity index (χ2v) is 8.00. The summed E-state index contributed by atoms with van der Waals surface area (Å²) in [6.45, 7) is 1.73. The van der Waals surface area contributed by atoms with Gasteiger partial charge in [-0.2, -0.15) is 0 Å². The third-order valence-electron chi connectivity index (χ3n) is 6.70. The Kier molecular flexibility index (Phi) is 5.42. The fourth-order valence-corrected chi connectivity index (χ4v) is 5.11. The molecule has 0 unspecified atom stereocenters. The monoisotopic (exact) mass is 364 g/mol. The van der Waals surface area contributed by atoms with Gasteiger partial charge in [0.2, 0.25) is 5.91 Å². The molecule has 1 saturated carbocycles. The zero-order valence-corrected chi connectivity index (χ0v) is 15.5. The van der Waals surface area contributed by atoms with Crippen LogP contribution in [-0.2, 0) is 16.6 Å². The number of aliphatic hydroxyl groups excluding tert-OH is 1. The van der Waals surface area contributed by atoms with Gasteiger partial charge in [0.15, 0.2) is 0 Å². The molecule has 1 spiro atoms. The Morgan fingerprint density at radius 1 is 1.16 bits per heavy atom. The van der Waals surface area contributed by atoms with E-state index in [9.17, 15) is 9.90 Å². The molecule has 4 rings (SSSR count). The summed E-state index contributed by atoms with van der Waals surface area (Å²) in [5.41, 5.74) is 9.29. The Hall–Kier alpha value is -1.10. The summed E-state index contributed by atoms with van der Waals surface area (Å²) in [7, 11) is 0. The molecule has 0 bridgehead atoms. The number of rotatable bonds is 1. The number of amides is 1. The number of fused-ring (bicyclic) bond motifs is 2. The number of nitrogens with two attached hydrogens (primary N) is 1. The normalized spacial score (nSPS) is 30.6. The number of nitrogens with zero attached hydrogens (tertiary/aromatic N) is 1. The first kappa shape index (κ1) is 18.7. The lowest BCUT2D eigenvalue weighted by Crippen LogP contribution is -2.49. The average molecular weight is 365 g/mol. The van der Waals surface area contributed by atoms with Crippen LogP contribution in [0.2, 0.25) is 0 Å². The highest BCUT2D eigenvalue weighted by molar-refractivity contribution is 5.85. The van der Waals surface area contributed by atoms with E-state index in [2.05, 4.69) is 29.2 Å². The summed E-state index contributed by atoms with van der Waals surface area (Å²) in [6.07, 6.45) is 6.20. The first-order valence-corrected chi connectivity index (χ1v) is 9.40. The molecule has 0 radical (unpaired) electrons. The number of likely N-dealkylation sites (tertiary alicyclic amines) is 1. The molecule has 1 aliphatic heterocycles. The Morgan fingerprint density at radius 2 is 1.88 bits per heavy atom. The SMILES string of the molecule is Cl.N[C@@H]1C[C@@H](C(=O)N2CCC3(CCc4ccccc43)CC2)CC[C@H]1O. The molecule has 4 nitrogen and oxygen atoms in total. The van der Waals surface area contributed by atoms with E-state index in [0.717, 1.165) is 32.4 Å². The zero-order chi connectivity index (χ0) is 16.7. The molecule has 2 aliphatic carbocycles. The maximum absolute atomic E-state index is 12.8. The average Bonchev–Trinajstić information content (AvgIpc) is 2.96. The van der Waals surface area contributed by atoms with E-state index in [1.165, 1.54) is 24.0 Å². The molecule has 3 atom stereocenters. The van der Waals surface area contributed by atoms with Crippen molar-refractivity contribution in [2.24, 2.45) is 11.7 Å². The molecular formula is C20H29ClN2O2. The van der Waals surface area contributed by atoms with E-state index in [1.807, 2.05) is 0 Å². The molecule has 2 fully saturated rings. The third-order valence-corrected chi connectivity index (χ3v) is 6.70. The lowest BCUT2D eigenvalue weighted by atomic mass is 9.73. The van der Waals surface area contributed by atoms with Gasteiger partial charge >= 0.3 is 0 Å². The van der Waals surface area contributed by atoms with E-state index < -0.39 is 6.10 Å². The minimum Gasteiger partial charge on any atom is -0.392 e. The number of hydrogen-bond donors (Lipinski definition) is 2. The molecule has 3 N–H and O–H groups in total. The van der Waals surface area contributed by atoms with Gasteiger partial charge in [0.1, 0.15) is 0 Å². The molecule has 138 valence electrons. The maximum atomic E-state index is 12.8. The van der Waals surface area contributed by atoms with Gasteiger partial charge in [-0.1, -0.05) is 24.3 Å². The van der Waals surface area contributed by atoms with Crippen molar-refractivity contribution in [1.29, 1.82) is 0 Å². The van der Waals surface area contributed by atoms with Crippen molar-refractivity contribution in [2.75, 3.05) is 13.1 Å². The second-order valence-electron chi connectivity index (χ2n) is 8.00. The van der Waals surface area contributed by atoms with E-state index in [-0.39, 0.29) is 30.3 Å². The van der Waals surface area contributed by atoms with Gasteiger partial charge in [0.05, 0.1) is 6.10 Å². The highest BCUT2D eigenvalue weighted by Crippen LogP contribution is 2.46. The van der Waals surface area contributed by atoms with Crippen molar-refractivity contribution < 1.29 is 9.90 Å². The predicted octanol–water partition coefficient (Wildman–Crippen LogP) is 2.40. The summed E-state index contributed by atoms with van der Waals surface area (Å²) >= 11 is 0. The van der Waals surface area contributed by atoms with Gasteiger partial charge in [-0.05, 0) is 61.5 Å². The molecule has 1 amide bonds. The molecule has 1 aromatic rings. The number of halogens is 1. The lowest BCUT2D eigenvalue weighted by Gasteiger charge is -2.42. The van der Waals surface area contributed by atoms with Crippen molar-refractivity contribution in [3.05, 3.63) is 35.4 Å². The summed E-state index contributed by atoms with van der Waals surface area (Å²) in [4.78, 5) is 14.9. The van der Waals surface area contributed by atoms with Gasteiger partial charge in [-0.25, -0.2) is 0 Å². The Balaban J connectivity index is 0.00000182. The van der Waals surface area contributed by atoms with Crippen LogP contribution in [0.5, 0.6) is 0 Å². The molecule has 5 heteroatoms. The molecule has 1 aromatic carbocycles. The van der Waals surface area contributed by atoms with Crippen LogP contribution in [0.25, 0.3) is 0 Å². The van der Waals surface area contributed by atoms with Gasteiger partial charge in [0, 0.05) is 25.0 Å². The van der Waals surface area contributed by atoms with Crippen LogP contribution in [0, 0.1) is 5.92 Å². The van der Waals surface area contributed by atoms with Crippen LogP contribution in [-0.4, -0.2) is 41.1 Å². The van der Waals surface area contributed by atoms with E-state index in [0.29, 0.717) is 18.3 Å². The number of carbonyl (C=O) groups is 1. The number of aliphatic hydroxyl groups is 1. The molecule has 1 heterocycles. The molecule has 1 saturated heterocycles. The molecule has 0 aromatic heterocycles. The van der Waals surface area contributed by atoms with Crippen LogP contribution in [0.1, 0.15) is 49.7 Å². The van der Waals surface area contributed by atoms with Crippen LogP contribution in [0.15, 0.2) is 24.3 Å². The smallest absolute Gasteiger partial charge is 0.225 e. The number of piperidine rings is 1. The van der Waals surface area contributed by atoms with Gasteiger partial charge in [0.25, 0.3) is 0 Å². The fourth-order valence-electron chi connectivity index (χ4n) is 5.11. The quantitative estimate of drug-likeness (QED) is 0.804. The summed E-state index contributed by atoms with van der Waals surface area (Å²) in [5.74, 6) is 0.270. The topological polar surface area (TPSA) is 66.6 Å². The van der Waals surface area contributed by atoms with Crippen molar-refractivity contribution in [3.63, 3.8) is 0 Å². The number of hydrogen-bond acceptors (Lipinski definition) is 3. The lowest BCUT2D eigenvalue weighted by molar-refractivity contribution is -0.139. The van der Waals surface area contributed by atoms with Crippen LogP contribution < -0.4 is 5.73 Å². The van der Waals surface area contributed by atoms with Gasteiger partial charge < -0.3 is 15.7 Å². The Labute approximate surface area is 156 Å². The number of benzene rings is 1. The summed E-state index contributed by atoms with van der Waals surface area (Å²) < 4.78 is 0. The van der Waals surface area contributed by atoms with E-state index >= 15 is 0 Å². The van der Waals surface area contributed by atoms with E-state index in [4.69, 9.17) is 5.73 Å². The summed E-state index contributed by atoms with van der Waals surface area (Å²) in [5, 5.41) is 9.77. The first-order chi connectivity index (χ1) is 11.6. The molecular weight excluding hydrogens is 336 g/mol. The predicted molar refractivity (Wildman–Crippen MR) is 101 cm³/mol. The highest BCUT2D eigenvalue weighted by atomic mass is 35.5. The Morgan fingerprint density at radius 3 is 2.60 bits per heavy atom. The van der Waals surface area contributed by atoms with Crippen molar-refractivity contribution in [1.82, 2.24) is 4.90 Å². The Bertz CT molecular complexity index is 628. The minimum absolute atomic E-state index is 0. The van der Waals surface area contributed by atoms with E-state index in [1.54, 1.807) is 0 Å².